The van der Waals surface area contributed by atoms with Gasteiger partial charge in [-0.25, -0.2) is 4.98 Å². The molecule has 3 aromatic carbocycles. The van der Waals surface area contributed by atoms with E-state index in [-0.39, 0.29) is 5.91 Å². The third kappa shape index (κ3) is 4.28. The lowest BCUT2D eigenvalue weighted by atomic mass is 10.1. The van der Waals surface area contributed by atoms with Crippen molar-refractivity contribution in [1.29, 1.82) is 0 Å². The summed E-state index contributed by atoms with van der Waals surface area (Å²) in [6, 6.07) is 24.0. The molecule has 0 unspecified atom stereocenters. The summed E-state index contributed by atoms with van der Waals surface area (Å²) in [5, 5.41) is 7.33. The number of aromatic nitrogens is 4. The number of hydrogen-bond donors (Lipinski definition) is 1. The highest BCUT2D eigenvalue weighted by Gasteiger charge is 2.16. The van der Waals surface area contributed by atoms with Gasteiger partial charge in [-0.05, 0) is 35.4 Å². The van der Waals surface area contributed by atoms with E-state index in [1.807, 2.05) is 72.3 Å². The molecule has 0 radical (unpaired) electrons. The quantitative estimate of drug-likeness (QED) is 0.401. The molecule has 2 aromatic heterocycles. The van der Waals surface area contributed by atoms with Crippen molar-refractivity contribution < 1.29 is 9.53 Å². The minimum absolute atomic E-state index is 0.127. The first kappa shape index (κ1) is 21.5. The molecule has 170 valence electrons. The number of imidazole rings is 1. The molecule has 5 aromatic rings. The Morgan fingerprint density at radius 1 is 1.00 bits per heavy atom. The van der Waals surface area contributed by atoms with E-state index in [4.69, 9.17) is 4.74 Å². The molecule has 1 amide bonds. The molecule has 0 fully saturated rings. The number of benzene rings is 3. The number of nitrogens with one attached hydrogen (secondary N) is 1. The molecule has 7 heteroatoms. The predicted molar refractivity (Wildman–Crippen MR) is 131 cm³/mol. The zero-order chi connectivity index (χ0) is 23.5. The van der Waals surface area contributed by atoms with Gasteiger partial charge in [0.2, 0.25) is 0 Å². The Morgan fingerprint density at radius 2 is 1.79 bits per heavy atom. The van der Waals surface area contributed by atoms with Crippen molar-refractivity contribution in [3.8, 4) is 11.4 Å². The van der Waals surface area contributed by atoms with Gasteiger partial charge in [-0.3, -0.25) is 14.0 Å². The number of amides is 1. The number of aryl methyl sites for hydroxylation is 1. The molecule has 0 atom stereocenters. The summed E-state index contributed by atoms with van der Waals surface area (Å²) in [5.74, 6) is 0.655. The monoisotopic (exact) mass is 451 g/mol. The molecule has 1 N–H and O–H groups in total. The highest BCUT2D eigenvalue weighted by atomic mass is 16.5. The first-order valence-corrected chi connectivity index (χ1v) is 11.1. The van der Waals surface area contributed by atoms with Crippen LogP contribution in [0, 0.1) is 0 Å². The molecule has 0 bridgehead atoms. The third-order valence-electron chi connectivity index (χ3n) is 5.94. The standard InChI is InChI=1S/C27H25N5O2/c1-31-26(14-19-6-4-3-5-7-19)23(17-30-31)27(33)28-16-20-8-10-21(11-9-20)32-18-29-24-15-22(34-2)12-13-25(24)32/h3-13,15,17-18H,14,16H2,1-2H3,(H,28,33). The van der Waals surface area contributed by atoms with Gasteiger partial charge in [-0.2, -0.15) is 5.10 Å². The van der Waals surface area contributed by atoms with Gasteiger partial charge in [-0.1, -0.05) is 42.5 Å². The van der Waals surface area contributed by atoms with Crippen LogP contribution in [0.15, 0.2) is 85.3 Å². The van der Waals surface area contributed by atoms with E-state index in [2.05, 4.69) is 27.5 Å². The van der Waals surface area contributed by atoms with Crippen LogP contribution in [0.1, 0.15) is 27.2 Å². The molecule has 0 aliphatic heterocycles. The van der Waals surface area contributed by atoms with E-state index in [0.29, 0.717) is 18.5 Å². The number of nitrogens with zero attached hydrogens (tertiary/aromatic N) is 4. The summed E-state index contributed by atoms with van der Waals surface area (Å²) < 4.78 is 9.08. The summed E-state index contributed by atoms with van der Waals surface area (Å²) in [6.45, 7) is 0.431. The average molecular weight is 452 g/mol. The molecule has 34 heavy (non-hydrogen) atoms. The SMILES string of the molecule is COc1ccc2c(c1)ncn2-c1ccc(CNC(=O)c2cnn(C)c2Cc2ccccc2)cc1. The third-order valence-corrected chi connectivity index (χ3v) is 5.94. The number of rotatable bonds is 7. The van der Waals surface area contributed by atoms with Gasteiger partial charge in [0, 0.05) is 31.8 Å². The Balaban J connectivity index is 1.27. The van der Waals surface area contributed by atoms with Crippen molar-refractivity contribution >= 4 is 16.9 Å². The molecule has 0 aliphatic rings. The fraction of sp³-hybridized carbons (Fsp3) is 0.148. The Labute approximate surface area is 197 Å². The maximum atomic E-state index is 12.9. The molecule has 0 saturated carbocycles. The second-order valence-corrected chi connectivity index (χ2v) is 8.11. The van der Waals surface area contributed by atoms with Crippen molar-refractivity contribution in [2.45, 2.75) is 13.0 Å². The van der Waals surface area contributed by atoms with Crippen molar-refractivity contribution in [3.63, 3.8) is 0 Å². The van der Waals surface area contributed by atoms with E-state index < -0.39 is 0 Å². The Hall–Kier alpha value is -4.39. The zero-order valence-electron chi connectivity index (χ0n) is 19.1. The van der Waals surface area contributed by atoms with Crippen LogP contribution >= 0.6 is 0 Å². The number of hydrogen-bond acceptors (Lipinski definition) is 4. The molecule has 0 saturated heterocycles. The van der Waals surface area contributed by atoms with E-state index >= 15 is 0 Å². The number of methoxy groups -OCH3 is 1. The fourth-order valence-electron chi connectivity index (χ4n) is 4.03. The van der Waals surface area contributed by atoms with Gasteiger partial charge < -0.3 is 10.1 Å². The second kappa shape index (κ2) is 9.23. The molecule has 2 heterocycles. The predicted octanol–water partition coefficient (Wildman–Crippen LogP) is 4.29. The van der Waals surface area contributed by atoms with E-state index in [1.54, 1.807) is 24.3 Å². The van der Waals surface area contributed by atoms with Gasteiger partial charge in [0.15, 0.2) is 0 Å². The normalized spacial score (nSPS) is 11.0. The Bertz CT molecular complexity index is 1440. The van der Waals surface area contributed by atoms with Crippen molar-refractivity contribution in [2.24, 2.45) is 7.05 Å². The smallest absolute Gasteiger partial charge is 0.255 e. The Morgan fingerprint density at radius 3 is 2.56 bits per heavy atom. The lowest BCUT2D eigenvalue weighted by Gasteiger charge is -2.09. The average Bonchev–Trinajstić information content (AvgIpc) is 3.46. The van der Waals surface area contributed by atoms with Crippen molar-refractivity contribution in [2.75, 3.05) is 7.11 Å². The van der Waals surface area contributed by atoms with Crippen LogP contribution in [-0.4, -0.2) is 32.3 Å². The molecule has 7 nitrogen and oxygen atoms in total. The molecular formula is C27H25N5O2. The van der Waals surface area contributed by atoms with Crippen LogP contribution in [0.5, 0.6) is 5.75 Å². The number of fused-ring (bicyclic) bond motifs is 1. The van der Waals surface area contributed by atoms with Crippen molar-refractivity contribution in [3.05, 3.63) is 108 Å². The van der Waals surface area contributed by atoms with Crippen LogP contribution in [0.25, 0.3) is 16.7 Å². The summed E-state index contributed by atoms with van der Waals surface area (Å²) in [6.07, 6.45) is 4.09. The van der Waals surface area contributed by atoms with Gasteiger partial charge in [-0.15, -0.1) is 0 Å². The number of carbonyl (C=O) groups is 1. The van der Waals surface area contributed by atoms with E-state index in [9.17, 15) is 4.79 Å². The van der Waals surface area contributed by atoms with E-state index in [0.717, 1.165) is 39.3 Å². The van der Waals surface area contributed by atoms with Crippen LogP contribution in [-0.2, 0) is 20.0 Å². The van der Waals surface area contributed by atoms with Gasteiger partial charge in [0.25, 0.3) is 5.91 Å². The topological polar surface area (TPSA) is 74.0 Å². The van der Waals surface area contributed by atoms with Gasteiger partial charge >= 0.3 is 0 Å². The van der Waals surface area contributed by atoms with Crippen LogP contribution in [0.3, 0.4) is 0 Å². The van der Waals surface area contributed by atoms with Crippen LogP contribution in [0.4, 0.5) is 0 Å². The first-order valence-electron chi connectivity index (χ1n) is 11.1. The summed E-state index contributed by atoms with van der Waals surface area (Å²) in [7, 11) is 3.51. The van der Waals surface area contributed by atoms with E-state index in [1.165, 1.54) is 0 Å². The lowest BCUT2D eigenvalue weighted by molar-refractivity contribution is 0.0950. The molecule has 0 aliphatic carbocycles. The first-order chi connectivity index (χ1) is 16.6. The number of ether oxygens (including phenoxy) is 1. The molecular weight excluding hydrogens is 426 g/mol. The molecule has 5 rings (SSSR count). The largest absolute Gasteiger partial charge is 0.497 e. The molecule has 0 spiro atoms. The van der Waals surface area contributed by atoms with Crippen molar-refractivity contribution in [1.82, 2.24) is 24.6 Å². The lowest BCUT2D eigenvalue weighted by Crippen LogP contribution is -2.24. The summed E-state index contributed by atoms with van der Waals surface area (Å²) in [5.41, 5.74) is 6.52. The fourth-order valence-corrected chi connectivity index (χ4v) is 4.03. The summed E-state index contributed by atoms with van der Waals surface area (Å²) in [4.78, 5) is 17.4. The maximum absolute atomic E-state index is 12.9. The maximum Gasteiger partial charge on any atom is 0.255 e. The zero-order valence-corrected chi connectivity index (χ0v) is 19.1. The minimum atomic E-state index is -0.127. The summed E-state index contributed by atoms with van der Waals surface area (Å²) >= 11 is 0. The van der Waals surface area contributed by atoms with Crippen LogP contribution in [0.2, 0.25) is 0 Å². The number of carbonyl (C=O) groups excluding carboxylic acids is 1. The highest BCUT2D eigenvalue weighted by Crippen LogP contribution is 2.23. The van der Waals surface area contributed by atoms with Gasteiger partial charge in [0.05, 0.1) is 35.6 Å². The highest BCUT2D eigenvalue weighted by molar-refractivity contribution is 5.95. The van der Waals surface area contributed by atoms with Gasteiger partial charge in [0.1, 0.15) is 12.1 Å². The minimum Gasteiger partial charge on any atom is -0.497 e. The van der Waals surface area contributed by atoms with Crippen LogP contribution < -0.4 is 10.1 Å². The second-order valence-electron chi connectivity index (χ2n) is 8.11. The Kier molecular flexibility index (Phi) is 5.82.